The zero-order chi connectivity index (χ0) is 28.3. The van der Waals surface area contributed by atoms with Crippen LogP contribution >= 0.6 is 11.8 Å². The van der Waals surface area contributed by atoms with Gasteiger partial charge in [0.2, 0.25) is 17.0 Å². The molecule has 8 nitrogen and oxygen atoms in total. The summed E-state index contributed by atoms with van der Waals surface area (Å²) in [5.74, 6) is 1.53. The molecule has 3 heterocycles. The summed E-state index contributed by atoms with van der Waals surface area (Å²) in [4.78, 5) is 34.4. The molecule has 1 saturated heterocycles. The number of unbranched alkanes of at least 4 members (excludes halogenated alkanes) is 1. The molecule has 41 heavy (non-hydrogen) atoms. The summed E-state index contributed by atoms with van der Waals surface area (Å²) >= 11 is 1.60. The molecule has 2 fully saturated rings. The predicted molar refractivity (Wildman–Crippen MR) is 163 cm³/mol. The molecular formula is C32H38N6O2S. The number of carbonyl (C=O) groups is 2. The fraction of sp³-hybridized carbons (Fsp3) is 0.469. The second-order valence-electron chi connectivity index (χ2n) is 11.5. The van der Waals surface area contributed by atoms with Crippen LogP contribution in [0.25, 0.3) is 22.1 Å². The van der Waals surface area contributed by atoms with E-state index in [1.165, 1.54) is 11.1 Å². The summed E-state index contributed by atoms with van der Waals surface area (Å²) < 4.78 is 2.23. The minimum Gasteiger partial charge on any atom is -0.339 e. The van der Waals surface area contributed by atoms with Crippen molar-refractivity contribution in [3.8, 4) is 0 Å². The summed E-state index contributed by atoms with van der Waals surface area (Å²) in [6.45, 7) is 6.82. The molecule has 4 aromatic rings. The second kappa shape index (κ2) is 12.2. The van der Waals surface area contributed by atoms with E-state index in [9.17, 15) is 9.59 Å². The highest BCUT2D eigenvalue weighted by Crippen LogP contribution is 2.31. The maximum absolute atomic E-state index is 12.9. The molecule has 0 spiro atoms. The molecule has 2 aliphatic rings. The van der Waals surface area contributed by atoms with Gasteiger partial charge in [-0.25, -0.2) is 4.98 Å². The number of carbonyl (C=O) groups excluding carboxylic acids is 2. The third kappa shape index (κ3) is 5.96. The Morgan fingerprint density at radius 3 is 2.61 bits per heavy atom. The maximum atomic E-state index is 12.9. The molecule has 1 unspecified atom stereocenters. The van der Waals surface area contributed by atoms with E-state index in [2.05, 4.69) is 71.1 Å². The number of aromatic nitrogens is 4. The van der Waals surface area contributed by atoms with Crippen LogP contribution in [0.5, 0.6) is 0 Å². The monoisotopic (exact) mass is 570 g/mol. The smallest absolute Gasteiger partial charge is 0.226 e. The van der Waals surface area contributed by atoms with Gasteiger partial charge in [0.15, 0.2) is 5.65 Å². The lowest BCUT2D eigenvalue weighted by atomic mass is 9.84. The highest BCUT2D eigenvalue weighted by molar-refractivity contribution is 7.99. The Bertz CT molecular complexity index is 1550. The molecule has 2 aromatic heterocycles. The van der Waals surface area contributed by atoms with E-state index in [-0.39, 0.29) is 17.9 Å². The molecule has 1 saturated carbocycles. The normalized spacial score (nSPS) is 17.8. The Morgan fingerprint density at radius 2 is 1.85 bits per heavy atom. The van der Waals surface area contributed by atoms with Gasteiger partial charge < -0.3 is 14.4 Å². The van der Waals surface area contributed by atoms with Crippen LogP contribution in [0.4, 0.5) is 0 Å². The van der Waals surface area contributed by atoms with Crippen LogP contribution in [-0.4, -0.2) is 72.8 Å². The van der Waals surface area contributed by atoms with Crippen molar-refractivity contribution in [2.75, 3.05) is 25.4 Å². The third-order valence-corrected chi connectivity index (χ3v) is 9.44. The van der Waals surface area contributed by atoms with Gasteiger partial charge in [0.05, 0.1) is 5.52 Å². The first-order valence-electron chi connectivity index (χ1n) is 14.9. The Hall–Kier alpha value is -3.46. The SMILES string of the molecule is Cc1ccc2c(c1)c1nnc(SCCCCC(=O)N3CCN(C(=O)C4CCC4)C(C)C3)nc1n2Cc1ccccc1. The van der Waals surface area contributed by atoms with Gasteiger partial charge in [-0.15, -0.1) is 10.2 Å². The summed E-state index contributed by atoms with van der Waals surface area (Å²) in [5, 5.41) is 10.8. The summed E-state index contributed by atoms with van der Waals surface area (Å²) in [6.07, 6.45) is 5.47. The van der Waals surface area contributed by atoms with Crippen molar-refractivity contribution >= 4 is 45.6 Å². The molecule has 1 atom stereocenters. The van der Waals surface area contributed by atoms with Crippen LogP contribution in [0, 0.1) is 12.8 Å². The quantitative estimate of drug-likeness (QED) is 0.196. The van der Waals surface area contributed by atoms with Crippen LogP contribution in [0.1, 0.15) is 56.6 Å². The molecular weight excluding hydrogens is 532 g/mol. The van der Waals surface area contributed by atoms with Crippen LogP contribution in [0.3, 0.4) is 0 Å². The number of aryl methyl sites for hydroxylation is 1. The number of thioether (sulfide) groups is 1. The number of rotatable bonds is 9. The Balaban J connectivity index is 1.04. The van der Waals surface area contributed by atoms with Gasteiger partial charge in [0.25, 0.3) is 0 Å². The Labute approximate surface area is 245 Å². The van der Waals surface area contributed by atoms with Gasteiger partial charge >= 0.3 is 0 Å². The molecule has 0 bridgehead atoms. The maximum Gasteiger partial charge on any atom is 0.226 e. The van der Waals surface area contributed by atoms with E-state index in [0.29, 0.717) is 37.1 Å². The number of fused-ring (bicyclic) bond motifs is 3. The Morgan fingerprint density at radius 1 is 1.02 bits per heavy atom. The van der Waals surface area contributed by atoms with E-state index in [1.54, 1.807) is 11.8 Å². The lowest BCUT2D eigenvalue weighted by Crippen LogP contribution is -2.57. The molecule has 9 heteroatoms. The largest absolute Gasteiger partial charge is 0.339 e. The number of amides is 2. The number of piperazine rings is 1. The first-order chi connectivity index (χ1) is 20.0. The lowest BCUT2D eigenvalue weighted by Gasteiger charge is -2.42. The van der Waals surface area contributed by atoms with Gasteiger partial charge in [-0.1, -0.05) is 60.1 Å². The van der Waals surface area contributed by atoms with Crippen LogP contribution in [0.15, 0.2) is 53.7 Å². The highest BCUT2D eigenvalue weighted by atomic mass is 32.2. The zero-order valence-corrected chi connectivity index (χ0v) is 24.8. The van der Waals surface area contributed by atoms with Gasteiger partial charge in [-0.05, 0) is 57.2 Å². The van der Waals surface area contributed by atoms with Crippen molar-refractivity contribution in [2.24, 2.45) is 5.92 Å². The Kier molecular flexibility index (Phi) is 8.23. The summed E-state index contributed by atoms with van der Waals surface area (Å²) in [7, 11) is 0. The van der Waals surface area contributed by atoms with E-state index in [0.717, 1.165) is 66.5 Å². The summed E-state index contributed by atoms with van der Waals surface area (Å²) in [6, 6.07) is 16.9. The van der Waals surface area contributed by atoms with Gasteiger partial charge in [0, 0.05) is 55.7 Å². The van der Waals surface area contributed by atoms with E-state index < -0.39 is 0 Å². The lowest BCUT2D eigenvalue weighted by molar-refractivity contribution is -0.147. The number of nitrogens with zero attached hydrogens (tertiary/aromatic N) is 6. The average molecular weight is 571 g/mol. The van der Waals surface area contributed by atoms with Crippen LogP contribution in [-0.2, 0) is 16.1 Å². The van der Waals surface area contributed by atoms with Crippen LogP contribution < -0.4 is 0 Å². The van der Waals surface area contributed by atoms with E-state index in [4.69, 9.17) is 4.98 Å². The third-order valence-electron chi connectivity index (χ3n) is 8.52. The van der Waals surface area contributed by atoms with Crippen molar-refractivity contribution in [1.29, 1.82) is 0 Å². The van der Waals surface area contributed by atoms with Gasteiger partial charge in [-0.3, -0.25) is 9.59 Å². The van der Waals surface area contributed by atoms with E-state index in [1.807, 2.05) is 15.9 Å². The molecule has 0 N–H and O–H groups in total. The average Bonchev–Trinajstić information content (AvgIpc) is 3.24. The van der Waals surface area contributed by atoms with Gasteiger partial charge in [-0.2, -0.15) is 0 Å². The fourth-order valence-corrected chi connectivity index (χ4v) is 6.72. The van der Waals surface area contributed by atoms with Gasteiger partial charge in [0.1, 0.15) is 5.52 Å². The first kappa shape index (κ1) is 27.7. The molecule has 6 rings (SSSR count). The molecule has 2 amide bonds. The molecule has 1 aliphatic carbocycles. The van der Waals surface area contributed by atoms with Crippen LogP contribution in [0.2, 0.25) is 0 Å². The summed E-state index contributed by atoms with van der Waals surface area (Å²) in [5.41, 5.74) is 5.19. The highest BCUT2D eigenvalue weighted by Gasteiger charge is 2.35. The molecule has 214 valence electrons. The van der Waals surface area contributed by atoms with Crippen molar-refractivity contribution in [1.82, 2.24) is 29.5 Å². The van der Waals surface area contributed by atoms with E-state index >= 15 is 0 Å². The second-order valence-corrected chi connectivity index (χ2v) is 12.6. The van der Waals surface area contributed by atoms with Crippen molar-refractivity contribution in [2.45, 2.75) is 70.1 Å². The van der Waals surface area contributed by atoms with Crippen molar-refractivity contribution in [3.63, 3.8) is 0 Å². The molecule has 2 aromatic carbocycles. The number of hydrogen-bond acceptors (Lipinski definition) is 6. The minimum absolute atomic E-state index is 0.0947. The van der Waals surface area contributed by atoms with Crippen molar-refractivity contribution < 1.29 is 9.59 Å². The van der Waals surface area contributed by atoms with Crippen molar-refractivity contribution in [3.05, 3.63) is 59.7 Å². The molecule has 1 aliphatic heterocycles. The topological polar surface area (TPSA) is 84.2 Å². The zero-order valence-electron chi connectivity index (χ0n) is 24.0. The minimum atomic E-state index is 0.0947. The predicted octanol–water partition coefficient (Wildman–Crippen LogP) is 5.46. The molecule has 0 radical (unpaired) electrons. The number of hydrogen-bond donors (Lipinski definition) is 0. The fourth-order valence-electron chi connectivity index (χ4n) is 5.94. The standard InChI is InChI=1S/C32H38N6O2S/c1-22-14-15-27-26(19-22)29-30(38(27)21-24-9-4-3-5-10-24)33-32(35-34-29)41-18-7-6-13-28(39)36-16-17-37(23(2)20-36)31(40)25-11-8-12-25/h3-5,9-10,14-15,19,23,25H,6-8,11-13,16-18,20-21H2,1-2H3. The number of benzene rings is 2. The first-order valence-corrected chi connectivity index (χ1v) is 15.8.